The Morgan fingerprint density at radius 1 is 1.17 bits per heavy atom. The maximum Gasteiger partial charge on any atom is 0.297 e. The molecule has 0 amide bonds. The van der Waals surface area contributed by atoms with Crippen LogP contribution in [0.4, 0.5) is 0 Å². The second-order valence-corrected chi connectivity index (χ2v) is 7.69. The summed E-state index contributed by atoms with van der Waals surface area (Å²) in [5.41, 5.74) is 2.05. The monoisotopic (exact) mass is 412 g/mol. The maximum absolute atomic E-state index is 12.2. The highest BCUT2D eigenvalue weighted by Gasteiger charge is 2.27. The van der Waals surface area contributed by atoms with Crippen LogP contribution in [0.1, 0.15) is 25.0 Å². The van der Waals surface area contributed by atoms with Crippen LogP contribution in [-0.2, 0) is 20.7 Å². The number of benzene rings is 2. The lowest BCUT2D eigenvalue weighted by Gasteiger charge is -2.12. The van der Waals surface area contributed by atoms with Gasteiger partial charge in [0.05, 0.1) is 9.37 Å². The minimum atomic E-state index is -3.75. The van der Waals surface area contributed by atoms with E-state index < -0.39 is 10.1 Å². The SMILES string of the molecule is CC.Cc1ccc(S(=O)(=O)OCC2Cc3cccc(Br)c3O2)cc1. The summed E-state index contributed by atoms with van der Waals surface area (Å²) < 4.78 is 36.1. The lowest BCUT2D eigenvalue weighted by molar-refractivity contribution is 0.151. The number of aryl methyl sites for hydroxylation is 1. The second kappa shape index (κ2) is 8.14. The zero-order valence-corrected chi connectivity index (χ0v) is 16.4. The third-order valence-corrected chi connectivity index (χ3v) is 5.42. The highest BCUT2D eigenvalue weighted by atomic mass is 79.9. The molecule has 0 aliphatic carbocycles. The van der Waals surface area contributed by atoms with Crippen LogP contribution >= 0.6 is 15.9 Å². The van der Waals surface area contributed by atoms with Gasteiger partial charge in [-0.15, -0.1) is 0 Å². The molecule has 0 bridgehead atoms. The first-order chi connectivity index (χ1) is 11.5. The minimum absolute atomic E-state index is 0.00265. The molecule has 0 fully saturated rings. The van der Waals surface area contributed by atoms with E-state index in [2.05, 4.69) is 15.9 Å². The Morgan fingerprint density at radius 3 is 2.46 bits per heavy atom. The third-order valence-electron chi connectivity index (χ3n) is 3.50. The molecule has 1 aliphatic heterocycles. The molecule has 0 N–H and O–H groups in total. The summed E-state index contributed by atoms with van der Waals surface area (Å²) in [5.74, 6) is 0.767. The van der Waals surface area contributed by atoms with E-state index in [-0.39, 0.29) is 17.6 Å². The largest absolute Gasteiger partial charge is 0.486 e. The van der Waals surface area contributed by atoms with Gasteiger partial charge in [-0.3, -0.25) is 4.18 Å². The highest BCUT2D eigenvalue weighted by Crippen LogP contribution is 2.36. The van der Waals surface area contributed by atoms with E-state index in [0.717, 1.165) is 21.3 Å². The van der Waals surface area contributed by atoms with Crippen molar-refractivity contribution in [1.82, 2.24) is 0 Å². The van der Waals surface area contributed by atoms with Crippen LogP contribution in [0.5, 0.6) is 5.75 Å². The van der Waals surface area contributed by atoms with Crippen LogP contribution < -0.4 is 4.74 Å². The van der Waals surface area contributed by atoms with Crippen molar-refractivity contribution in [3.63, 3.8) is 0 Å². The Hall–Kier alpha value is -1.37. The second-order valence-electron chi connectivity index (χ2n) is 5.22. The third kappa shape index (κ3) is 4.37. The summed E-state index contributed by atoms with van der Waals surface area (Å²) in [5, 5.41) is 0. The summed E-state index contributed by atoms with van der Waals surface area (Å²) in [4.78, 5) is 0.162. The summed E-state index contributed by atoms with van der Waals surface area (Å²) in [6.07, 6.45) is 0.340. The van der Waals surface area contributed by atoms with Crippen LogP contribution in [0, 0.1) is 6.92 Å². The van der Waals surface area contributed by atoms with E-state index in [0.29, 0.717) is 6.42 Å². The molecule has 4 nitrogen and oxygen atoms in total. The normalized spacial score (nSPS) is 15.9. The number of hydrogen-bond donors (Lipinski definition) is 0. The molecule has 0 radical (unpaired) electrons. The van der Waals surface area contributed by atoms with Gasteiger partial charge in [-0.1, -0.05) is 43.7 Å². The van der Waals surface area contributed by atoms with E-state index in [1.54, 1.807) is 24.3 Å². The summed E-state index contributed by atoms with van der Waals surface area (Å²) in [6, 6.07) is 12.4. The van der Waals surface area contributed by atoms with Gasteiger partial charge >= 0.3 is 0 Å². The van der Waals surface area contributed by atoms with Crippen LogP contribution in [-0.4, -0.2) is 21.1 Å². The number of halogens is 1. The molecule has 0 spiro atoms. The predicted molar refractivity (Wildman–Crippen MR) is 97.9 cm³/mol. The molecule has 1 heterocycles. The van der Waals surface area contributed by atoms with Crippen molar-refractivity contribution in [1.29, 1.82) is 0 Å². The van der Waals surface area contributed by atoms with Gasteiger partial charge in [0.2, 0.25) is 0 Å². The lowest BCUT2D eigenvalue weighted by atomic mass is 10.1. The molecule has 0 saturated heterocycles. The van der Waals surface area contributed by atoms with Gasteiger partial charge in [0.25, 0.3) is 10.1 Å². The van der Waals surface area contributed by atoms with Gasteiger partial charge < -0.3 is 4.74 Å². The van der Waals surface area contributed by atoms with Crippen LogP contribution in [0.3, 0.4) is 0 Å². The lowest BCUT2D eigenvalue weighted by Crippen LogP contribution is -2.23. The Kier molecular flexibility index (Phi) is 6.43. The van der Waals surface area contributed by atoms with Gasteiger partial charge in [-0.2, -0.15) is 8.42 Å². The maximum atomic E-state index is 12.2. The molecule has 3 rings (SSSR count). The Labute approximate surface area is 152 Å². The van der Waals surface area contributed by atoms with Gasteiger partial charge in [0, 0.05) is 6.42 Å². The van der Waals surface area contributed by atoms with E-state index >= 15 is 0 Å². The van der Waals surface area contributed by atoms with Crippen molar-refractivity contribution < 1.29 is 17.3 Å². The minimum Gasteiger partial charge on any atom is -0.486 e. The standard InChI is InChI=1S/C16H15BrO4S.C2H6/c1-11-5-7-14(8-6-11)22(18,19)20-10-13-9-12-3-2-4-15(17)16(12)21-13;1-2/h2-8,13H,9-10H2,1H3;1-2H3. The smallest absolute Gasteiger partial charge is 0.297 e. The molecule has 0 saturated carbocycles. The zero-order chi connectivity index (χ0) is 17.7. The molecular formula is C18H21BrO4S. The number of fused-ring (bicyclic) bond motifs is 1. The highest BCUT2D eigenvalue weighted by molar-refractivity contribution is 9.10. The Bertz CT molecular complexity index is 785. The van der Waals surface area contributed by atoms with Crippen molar-refractivity contribution in [2.75, 3.05) is 6.61 Å². The fraction of sp³-hybridized carbons (Fsp3) is 0.333. The summed E-state index contributed by atoms with van der Waals surface area (Å²) in [7, 11) is -3.75. The molecular weight excluding hydrogens is 392 g/mol. The van der Waals surface area contributed by atoms with Crippen molar-refractivity contribution in [3.8, 4) is 5.75 Å². The average molecular weight is 413 g/mol. The Balaban J connectivity index is 0.00000100. The Morgan fingerprint density at radius 2 is 1.83 bits per heavy atom. The van der Waals surface area contributed by atoms with Gasteiger partial charge in [-0.25, -0.2) is 0 Å². The molecule has 1 unspecified atom stereocenters. The van der Waals surface area contributed by atoms with Crippen LogP contribution in [0.15, 0.2) is 51.8 Å². The predicted octanol–water partition coefficient (Wildman–Crippen LogP) is 4.49. The first-order valence-corrected chi connectivity index (χ1v) is 10.1. The fourth-order valence-electron chi connectivity index (χ4n) is 2.33. The van der Waals surface area contributed by atoms with Crippen LogP contribution in [0.25, 0.3) is 0 Å². The first-order valence-electron chi connectivity index (χ1n) is 7.86. The van der Waals surface area contributed by atoms with Gasteiger partial charge in [-0.05, 0) is 46.6 Å². The molecule has 0 aromatic heterocycles. The zero-order valence-electron chi connectivity index (χ0n) is 14.0. The molecule has 130 valence electrons. The number of rotatable bonds is 4. The van der Waals surface area contributed by atoms with Gasteiger partial charge in [0.1, 0.15) is 18.5 Å². The van der Waals surface area contributed by atoms with E-state index in [4.69, 9.17) is 8.92 Å². The number of ether oxygens (including phenoxy) is 1. The molecule has 24 heavy (non-hydrogen) atoms. The summed E-state index contributed by atoms with van der Waals surface area (Å²) >= 11 is 3.42. The van der Waals surface area contributed by atoms with Crippen molar-refractivity contribution >= 4 is 26.0 Å². The van der Waals surface area contributed by atoms with E-state index in [9.17, 15) is 8.42 Å². The average Bonchev–Trinajstić information content (AvgIpc) is 3.00. The number of para-hydroxylation sites is 1. The molecule has 1 aliphatic rings. The van der Waals surface area contributed by atoms with E-state index in [1.807, 2.05) is 39.0 Å². The van der Waals surface area contributed by atoms with E-state index in [1.165, 1.54) is 0 Å². The van der Waals surface area contributed by atoms with Crippen molar-refractivity contribution in [2.45, 2.75) is 38.2 Å². The van der Waals surface area contributed by atoms with Crippen molar-refractivity contribution in [2.24, 2.45) is 0 Å². The first kappa shape index (κ1) is 19.0. The number of hydrogen-bond acceptors (Lipinski definition) is 4. The quantitative estimate of drug-likeness (QED) is 0.693. The van der Waals surface area contributed by atoms with Gasteiger partial charge in [0.15, 0.2) is 0 Å². The van der Waals surface area contributed by atoms with Crippen molar-refractivity contribution in [3.05, 3.63) is 58.1 Å². The molecule has 1 atom stereocenters. The molecule has 2 aromatic carbocycles. The topological polar surface area (TPSA) is 52.6 Å². The van der Waals surface area contributed by atoms with Crippen LogP contribution in [0.2, 0.25) is 0 Å². The summed E-state index contributed by atoms with van der Waals surface area (Å²) in [6.45, 7) is 5.90. The molecule has 6 heteroatoms. The fourth-order valence-corrected chi connectivity index (χ4v) is 3.77. The molecule has 2 aromatic rings.